The zero-order chi connectivity index (χ0) is 19.2. The Morgan fingerprint density at radius 3 is 2.56 bits per heavy atom. The first kappa shape index (κ1) is 18.9. The van der Waals surface area contributed by atoms with Gasteiger partial charge in [-0.05, 0) is 42.7 Å². The van der Waals surface area contributed by atoms with Gasteiger partial charge in [-0.3, -0.25) is 4.79 Å². The van der Waals surface area contributed by atoms with Crippen LogP contribution in [0.2, 0.25) is 0 Å². The van der Waals surface area contributed by atoms with Gasteiger partial charge in [0.25, 0.3) is 5.91 Å². The molecule has 1 fully saturated rings. The van der Waals surface area contributed by atoms with Crippen LogP contribution in [0.15, 0.2) is 48.5 Å². The standard InChI is InChI=1S/C21H21FN2O3/c1-26-13-5-4-12-24-19(16-10-8-15(14-23)9-11-16)20(21(24)25)27-18-7-3-2-6-17(18)22/h2-3,6-11,19-20H,4-5,12-13H2,1H3/t19-,20-/m0/s1. The summed E-state index contributed by atoms with van der Waals surface area (Å²) in [6.45, 7) is 1.21. The van der Waals surface area contributed by atoms with E-state index in [1.807, 2.05) is 12.1 Å². The first-order valence-corrected chi connectivity index (χ1v) is 8.86. The molecule has 0 aromatic heterocycles. The van der Waals surface area contributed by atoms with Crippen LogP contribution in [0.5, 0.6) is 5.75 Å². The Labute approximate surface area is 157 Å². The number of rotatable bonds is 8. The van der Waals surface area contributed by atoms with E-state index in [2.05, 4.69) is 6.07 Å². The number of carbonyl (C=O) groups is 1. The maximum atomic E-state index is 14.0. The van der Waals surface area contributed by atoms with Crippen molar-refractivity contribution in [2.75, 3.05) is 20.3 Å². The molecule has 3 rings (SSSR count). The summed E-state index contributed by atoms with van der Waals surface area (Å²) in [6, 6.07) is 14.9. The van der Waals surface area contributed by atoms with Crippen molar-refractivity contribution in [3.8, 4) is 11.8 Å². The minimum Gasteiger partial charge on any atom is -0.475 e. The first-order chi connectivity index (χ1) is 13.2. The maximum absolute atomic E-state index is 14.0. The first-order valence-electron chi connectivity index (χ1n) is 8.86. The second-order valence-corrected chi connectivity index (χ2v) is 6.38. The van der Waals surface area contributed by atoms with Crippen molar-refractivity contribution in [1.82, 2.24) is 4.90 Å². The number of amides is 1. The van der Waals surface area contributed by atoms with Crippen LogP contribution in [0.4, 0.5) is 4.39 Å². The number of benzene rings is 2. The highest BCUT2D eigenvalue weighted by atomic mass is 19.1. The number of likely N-dealkylation sites (tertiary alicyclic amines) is 1. The largest absolute Gasteiger partial charge is 0.475 e. The lowest BCUT2D eigenvalue weighted by atomic mass is 9.89. The Balaban J connectivity index is 1.79. The van der Waals surface area contributed by atoms with Crippen molar-refractivity contribution < 1.29 is 18.7 Å². The highest BCUT2D eigenvalue weighted by Gasteiger charge is 2.49. The zero-order valence-electron chi connectivity index (χ0n) is 15.1. The van der Waals surface area contributed by atoms with Crippen LogP contribution in [-0.2, 0) is 9.53 Å². The SMILES string of the molecule is COCCCCN1C(=O)[C@@H](Oc2ccccc2F)[C@@H]1c1ccc(C#N)cc1. The number of unbranched alkanes of at least 4 members (excludes halogenated alkanes) is 1. The molecule has 0 radical (unpaired) electrons. The van der Waals surface area contributed by atoms with Gasteiger partial charge in [0.1, 0.15) is 6.04 Å². The molecule has 1 aliphatic heterocycles. The second-order valence-electron chi connectivity index (χ2n) is 6.38. The van der Waals surface area contributed by atoms with Crippen LogP contribution >= 0.6 is 0 Å². The monoisotopic (exact) mass is 368 g/mol. The lowest BCUT2D eigenvalue weighted by molar-refractivity contribution is -0.164. The van der Waals surface area contributed by atoms with Crippen LogP contribution < -0.4 is 4.74 Å². The number of hydrogen-bond acceptors (Lipinski definition) is 4. The molecular weight excluding hydrogens is 347 g/mol. The molecular formula is C21H21FN2O3. The summed E-state index contributed by atoms with van der Waals surface area (Å²) in [5.74, 6) is -0.596. The van der Waals surface area contributed by atoms with Gasteiger partial charge in [-0.2, -0.15) is 5.26 Å². The van der Waals surface area contributed by atoms with E-state index in [4.69, 9.17) is 14.7 Å². The molecule has 0 bridgehead atoms. The van der Waals surface area contributed by atoms with Crippen molar-refractivity contribution in [3.63, 3.8) is 0 Å². The lowest BCUT2D eigenvalue weighted by Gasteiger charge is -2.47. The summed E-state index contributed by atoms with van der Waals surface area (Å²) in [4.78, 5) is 14.4. The van der Waals surface area contributed by atoms with Gasteiger partial charge >= 0.3 is 0 Å². The average molecular weight is 368 g/mol. The number of hydrogen-bond donors (Lipinski definition) is 0. The fourth-order valence-electron chi connectivity index (χ4n) is 3.20. The van der Waals surface area contributed by atoms with Gasteiger partial charge in [-0.25, -0.2) is 4.39 Å². The third kappa shape index (κ3) is 4.09. The molecule has 2 atom stereocenters. The lowest BCUT2D eigenvalue weighted by Crippen LogP contribution is -2.61. The molecule has 27 heavy (non-hydrogen) atoms. The third-order valence-corrected chi connectivity index (χ3v) is 4.62. The fraction of sp³-hybridized carbons (Fsp3) is 0.333. The van der Waals surface area contributed by atoms with Crippen molar-refractivity contribution in [2.24, 2.45) is 0 Å². The van der Waals surface area contributed by atoms with E-state index < -0.39 is 11.9 Å². The quantitative estimate of drug-likeness (QED) is 0.529. The summed E-state index contributed by atoms with van der Waals surface area (Å²) in [6.07, 6.45) is 0.870. The minimum atomic E-state index is -0.780. The number of methoxy groups -OCH3 is 1. The topological polar surface area (TPSA) is 62.6 Å². The molecule has 0 N–H and O–H groups in total. The average Bonchev–Trinajstić information content (AvgIpc) is 2.70. The Bertz CT molecular complexity index is 832. The molecule has 2 aromatic carbocycles. The summed E-state index contributed by atoms with van der Waals surface area (Å²) < 4.78 is 24.7. The Hall–Kier alpha value is -2.91. The number of carbonyl (C=O) groups excluding carboxylic acids is 1. The summed E-state index contributed by atoms with van der Waals surface area (Å²) >= 11 is 0. The number of para-hydroxylation sites is 1. The van der Waals surface area contributed by atoms with Gasteiger partial charge in [-0.15, -0.1) is 0 Å². The summed E-state index contributed by atoms with van der Waals surface area (Å²) in [5.41, 5.74) is 1.41. The van der Waals surface area contributed by atoms with Gasteiger partial charge in [-0.1, -0.05) is 24.3 Å². The number of nitrogens with zero attached hydrogens (tertiary/aromatic N) is 2. The minimum absolute atomic E-state index is 0.0635. The molecule has 5 nitrogen and oxygen atoms in total. The van der Waals surface area contributed by atoms with E-state index in [0.717, 1.165) is 18.4 Å². The molecule has 0 unspecified atom stereocenters. The van der Waals surface area contributed by atoms with E-state index in [1.165, 1.54) is 12.1 Å². The van der Waals surface area contributed by atoms with Gasteiger partial charge in [0.05, 0.1) is 11.6 Å². The number of ether oxygens (including phenoxy) is 2. The molecule has 1 saturated heterocycles. The maximum Gasteiger partial charge on any atom is 0.266 e. The molecule has 0 aliphatic carbocycles. The van der Waals surface area contributed by atoms with Crippen molar-refractivity contribution in [3.05, 3.63) is 65.5 Å². The van der Waals surface area contributed by atoms with Crippen LogP contribution in [0, 0.1) is 17.1 Å². The smallest absolute Gasteiger partial charge is 0.266 e. The van der Waals surface area contributed by atoms with Crippen molar-refractivity contribution in [1.29, 1.82) is 5.26 Å². The predicted molar refractivity (Wildman–Crippen MR) is 97.5 cm³/mol. The Morgan fingerprint density at radius 2 is 1.89 bits per heavy atom. The molecule has 1 amide bonds. The fourth-order valence-corrected chi connectivity index (χ4v) is 3.20. The zero-order valence-corrected chi connectivity index (χ0v) is 15.1. The molecule has 0 saturated carbocycles. The molecule has 1 heterocycles. The van der Waals surface area contributed by atoms with E-state index in [0.29, 0.717) is 18.7 Å². The van der Waals surface area contributed by atoms with Gasteiger partial charge in [0.15, 0.2) is 11.6 Å². The predicted octanol–water partition coefficient (Wildman–Crippen LogP) is 3.45. The van der Waals surface area contributed by atoms with Gasteiger partial charge in [0, 0.05) is 20.3 Å². The highest BCUT2D eigenvalue weighted by Crippen LogP contribution is 2.38. The van der Waals surface area contributed by atoms with E-state index in [1.54, 1.807) is 36.3 Å². The van der Waals surface area contributed by atoms with Gasteiger partial charge < -0.3 is 14.4 Å². The van der Waals surface area contributed by atoms with Crippen LogP contribution in [0.25, 0.3) is 0 Å². The van der Waals surface area contributed by atoms with Crippen LogP contribution in [-0.4, -0.2) is 37.2 Å². The van der Waals surface area contributed by atoms with Crippen molar-refractivity contribution >= 4 is 5.91 Å². The number of halogens is 1. The van der Waals surface area contributed by atoms with E-state index in [9.17, 15) is 9.18 Å². The molecule has 6 heteroatoms. The molecule has 0 spiro atoms. The Morgan fingerprint density at radius 1 is 1.15 bits per heavy atom. The second kappa shape index (κ2) is 8.65. The molecule has 140 valence electrons. The molecule has 2 aromatic rings. The van der Waals surface area contributed by atoms with Crippen LogP contribution in [0.3, 0.4) is 0 Å². The van der Waals surface area contributed by atoms with Gasteiger partial charge in [0.2, 0.25) is 6.10 Å². The summed E-state index contributed by atoms with van der Waals surface area (Å²) in [5, 5.41) is 8.98. The molecule has 1 aliphatic rings. The highest BCUT2D eigenvalue weighted by molar-refractivity contribution is 5.89. The number of nitriles is 1. The van der Waals surface area contributed by atoms with Crippen molar-refractivity contribution in [2.45, 2.75) is 25.0 Å². The van der Waals surface area contributed by atoms with Crippen LogP contribution in [0.1, 0.15) is 30.0 Å². The van der Waals surface area contributed by atoms with E-state index in [-0.39, 0.29) is 17.7 Å². The summed E-state index contributed by atoms with van der Waals surface area (Å²) in [7, 11) is 1.65. The normalized spacial score (nSPS) is 18.7. The Kier molecular flexibility index (Phi) is 6.05. The third-order valence-electron chi connectivity index (χ3n) is 4.62. The number of β-lactam (4-membered cyclic amide) rings is 1. The van der Waals surface area contributed by atoms with E-state index >= 15 is 0 Å².